The van der Waals surface area contributed by atoms with E-state index >= 15 is 0 Å². The van der Waals surface area contributed by atoms with Gasteiger partial charge in [0.05, 0.1) is 0 Å². The molecule has 2 unspecified atom stereocenters. The van der Waals surface area contributed by atoms with Crippen molar-refractivity contribution in [3.63, 3.8) is 0 Å². The van der Waals surface area contributed by atoms with Crippen LogP contribution in [0.4, 0.5) is 0 Å². The van der Waals surface area contributed by atoms with E-state index in [0.717, 1.165) is 6.42 Å². The fraction of sp³-hybridized carbons (Fsp3) is 0.929. The average Bonchev–Trinajstić information content (AvgIpc) is 2.31. The van der Waals surface area contributed by atoms with Crippen LogP contribution in [0.1, 0.15) is 64.7 Å². The maximum atomic E-state index is 12.2. The molecule has 2 aliphatic carbocycles. The number of hydrogen-bond donors (Lipinski definition) is 1. The summed E-state index contributed by atoms with van der Waals surface area (Å²) in [4.78, 5) is 12.2. The van der Waals surface area contributed by atoms with Gasteiger partial charge in [-0.1, -0.05) is 39.0 Å². The number of carbonyl (C=O) groups is 1. The van der Waals surface area contributed by atoms with Crippen LogP contribution in [0, 0.1) is 11.8 Å². The maximum Gasteiger partial charge on any atom is 0.223 e. The van der Waals surface area contributed by atoms with Crippen LogP contribution in [0.25, 0.3) is 0 Å². The van der Waals surface area contributed by atoms with Crippen LogP contribution in [0.15, 0.2) is 0 Å². The van der Waals surface area contributed by atoms with Gasteiger partial charge in [-0.25, -0.2) is 0 Å². The molecule has 0 spiro atoms. The Bertz CT molecular complexity index is 233. The van der Waals surface area contributed by atoms with Gasteiger partial charge in [0.25, 0.3) is 0 Å². The lowest BCUT2D eigenvalue weighted by Crippen LogP contribution is -2.42. The van der Waals surface area contributed by atoms with Crippen LogP contribution in [0.5, 0.6) is 0 Å². The molecule has 0 aromatic heterocycles. The molecule has 2 saturated carbocycles. The minimum absolute atomic E-state index is 0.302. The Morgan fingerprint density at radius 3 is 2.25 bits per heavy atom. The number of hydrogen-bond acceptors (Lipinski definition) is 1. The van der Waals surface area contributed by atoms with Crippen molar-refractivity contribution < 1.29 is 4.79 Å². The van der Waals surface area contributed by atoms with Gasteiger partial charge in [0, 0.05) is 12.0 Å². The highest BCUT2D eigenvalue weighted by Gasteiger charge is 2.29. The van der Waals surface area contributed by atoms with Crippen molar-refractivity contribution in [2.24, 2.45) is 11.8 Å². The van der Waals surface area contributed by atoms with Gasteiger partial charge in [-0.2, -0.15) is 0 Å². The van der Waals surface area contributed by atoms with Crippen molar-refractivity contribution in [1.29, 1.82) is 0 Å². The first-order valence-corrected chi connectivity index (χ1v) is 7.08. The lowest BCUT2D eigenvalue weighted by atomic mass is 9.79. The molecule has 1 N–H and O–H groups in total. The third kappa shape index (κ3) is 2.99. The summed E-state index contributed by atoms with van der Waals surface area (Å²) in [7, 11) is 0. The van der Waals surface area contributed by atoms with Crippen molar-refractivity contribution in [2.45, 2.75) is 70.8 Å². The van der Waals surface area contributed by atoms with Gasteiger partial charge in [0.15, 0.2) is 0 Å². The highest BCUT2D eigenvalue weighted by Crippen LogP contribution is 2.30. The van der Waals surface area contributed by atoms with Crippen LogP contribution < -0.4 is 5.32 Å². The molecule has 0 aromatic carbocycles. The first kappa shape index (κ1) is 11.9. The van der Waals surface area contributed by atoms with Crippen LogP contribution in [0.2, 0.25) is 0 Å². The molecule has 2 nitrogen and oxygen atoms in total. The van der Waals surface area contributed by atoms with Crippen molar-refractivity contribution in [2.75, 3.05) is 0 Å². The minimum atomic E-state index is 0.302. The fourth-order valence-electron chi connectivity index (χ4n) is 3.26. The monoisotopic (exact) mass is 223 g/mol. The van der Waals surface area contributed by atoms with Gasteiger partial charge in [0.2, 0.25) is 5.91 Å². The summed E-state index contributed by atoms with van der Waals surface area (Å²) >= 11 is 0. The summed E-state index contributed by atoms with van der Waals surface area (Å²) in [6, 6.07) is 0.482. The molecule has 0 saturated heterocycles. The van der Waals surface area contributed by atoms with Crippen molar-refractivity contribution in [1.82, 2.24) is 5.32 Å². The van der Waals surface area contributed by atoms with Gasteiger partial charge >= 0.3 is 0 Å². The van der Waals surface area contributed by atoms with Gasteiger partial charge in [-0.05, 0) is 31.6 Å². The Balaban J connectivity index is 1.81. The predicted octanol–water partition coefficient (Wildman–Crippen LogP) is 3.26. The molecule has 0 heterocycles. The van der Waals surface area contributed by atoms with E-state index in [0.29, 0.717) is 23.8 Å². The Morgan fingerprint density at radius 2 is 1.56 bits per heavy atom. The molecule has 2 atom stereocenters. The van der Waals surface area contributed by atoms with Crippen molar-refractivity contribution in [3.8, 4) is 0 Å². The van der Waals surface area contributed by atoms with Gasteiger partial charge in [0.1, 0.15) is 0 Å². The molecule has 16 heavy (non-hydrogen) atoms. The smallest absolute Gasteiger partial charge is 0.223 e. The molecule has 2 fully saturated rings. The Labute approximate surface area is 99.2 Å². The fourth-order valence-corrected chi connectivity index (χ4v) is 3.26. The summed E-state index contributed by atoms with van der Waals surface area (Å²) < 4.78 is 0. The first-order valence-electron chi connectivity index (χ1n) is 7.08. The molecule has 2 heteroatoms. The normalized spacial score (nSPS) is 32.3. The molecule has 0 aliphatic heterocycles. The zero-order valence-electron chi connectivity index (χ0n) is 10.5. The SMILES string of the molecule is CC1CCCCC1C(=O)NC1CCCCC1. The van der Waals surface area contributed by atoms with E-state index in [9.17, 15) is 4.79 Å². The third-order valence-electron chi connectivity index (χ3n) is 4.40. The summed E-state index contributed by atoms with van der Waals surface area (Å²) in [5.74, 6) is 1.24. The van der Waals surface area contributed by atoms with Crippen LogP contribution in [0.3, 0.4) is 0 Å². The zero-order chi connectivity index (χ0) is 11.4. The standard InChI is InChI=1S/C14H25NO/c1-11-7-5-6-10-13(11)14(16)15-12-8-3-2-4-9-12/h11-13H,2-10H2,1H3,(H,15,16). The molecule has 0 radical (unpaired) electrons. The van der Waals surface area contributed by atoms with E-state index in [2.05, 4.69) is 12.2 Å². The minimum Gasteiger partial charge on any atom is -0.353 e. The average molecular weight is 223 g/mol. The van der Waals surface area contributed by atoms with Crippen LogP contribution >= 0.6 is 0 Å². The Kier molecular flexibility index (Phi) is 4.25. The van der Waals surface area contributed by atoms with Gasteiger partial charge in [-0.15, -0.1) is 0 Å². The summed E-state index contributed by atoms with van der Waals surface area (Å²) in [5, 5.41) is 3.28. The second-order valence-corrected chi connectivity index (χ2v) is 5.71. The highest BCUT2D eigenvalue weighted by atomic mass is 16.1. The van der Waals surface area contributed by atoms with Crippen molar-refractivity contribution >= 4 is 5.91 Å². The number of rotatable bonds is 2. The van der Waals surface area contributed by atoms with E-state index in [1.807, 2.05) is 0 Å². The molecule has 0 aromatic rings. The molecule has 2 rings (SSSR count). The number of amides is 1. The lowest BCUT2D eigenvalue weighted by Gasteiger charge is -2.30. The Morgan fingerprint density at radius 1 is 0.938 bits per heavy atom. The van der Waals surface area contributed by atoms with E-state index in [1.165, 1.54) is 51.4 Å². The molecule has 0 bridgehead atoms. The summed E-state index contributed by atoms with van der Waals surface area (Å²) in [6.07, 6.45) is 11.3. The largest absolute Gasteiger partial charge is 0.353 e. The second kappa shape index (κ2) is 5.70. The second-order valence-electron chi connectivity index (χ2n) is 5.71. The predicted molar refractivity (Wildman–Crippen MR) is 66.1 cm³/mol. The van der Waals surface area contributed by atoms with Crippen LogP contribution in [-0.2, 0) is 4.79 Å². The summed E-state index contributed by atoms with van der Waals surface area (Å²) in [5.41, 5.74) is 0. The number of carbonyl (C=O) groups excluding carboxylic acids is 1. The maximum absolute atomic E-state index is 12.2. The lowest BCUT2D eigenvalue weighted by molar-refractivity contribution is -0.128. The van der Waals surface area contributed by atoms with E-state index < -0.39 is 0 Å². The Hall–Kier alpha value is -0.530. The number of nitrogens with one attached hydrogen (secondary N) is 1. The molecule has 2 aliphatic rings. The quantitative estimate of drug-likeness (QED) is 0.765. The van der Waals surface area contributed by atoms with E-state index in [1.54, 1.807) is 0 Å². The van der Waals surface area contributed by atoms with Gasteiger partial charge in [-0.3, -0.25) is 4.79 Å². The summed E-state index contributed by atoms with van der Waals surface area (Å²) in [6.45, 7) is 2.24. The highest BCUT2D eigenvalue weighted by molar-refractivity contribution is 5.79. The van der Waals surface area contributed by atoms with Crippen LogP contribution in [-0.4, -0.2) is 11.9 Å². The molecular weight excluding hydrogens is 198 g/mol. The topological polar surface area (TPSA) is 29.1 Å². The van der Waals surface area contributed by atoms with Crippen molar-refractivity contribution in [3.05, 3.63) is 0 Å². The zero-order valence-corrected chi connectivity index (χ0v) is 10.5. The first-order chi connectivity index (χ1) is 7.77. The van der Waals surface area contributed by atoms with Gasteiger partial charge < -0.3 is 5.32 Å². The third-order valence-corrected chi connectivity index (χ3v) is 4.40. The molecule has 1 amide bonds. The molecular formula is C14H25NO. The van der Waals surface area contributed by atoms with E-state index in [-0.39, 0.29) is 0 Å². The van der Waals surface area contributed by atoms with E-state index in [4.69, 9.17) is 0 Å². The molecule has 92 valence electrons.